The van der Waals surface area contributed by atoms with E-state index < -0.39 is 0 Å². The molecular weight excluding hydrogens is 348 g/mol. The molecule has 1 aliphatic heterocycles. The molecule has 9 heteroatoms. The zero-order valence-corrected chi connectivity index (χ0v) is 16.1. The number of rotatable bonds is 8. The second-order valence-corrected chi connectivity index (χ2v) is 7.50. The van der Waals surface area contributed by atoms with Crippen LogP contribution in [0.4, 0.5) is 5.95 Å². The van der Waals surface area contributed by atoms with Gasteiger partial charge in [0.15, 0.2) is 11.2 Å². The Bertz CT molecular complexity index is 876. The lowest BCUT2D eigenvalue weighted by molar-refractivity contribution is 0.180. The number of nitrogens with one attached hydrogen (secondary N) is 3. The van der Waals surface area contributed by atoms with E-state index in [0.717, 1.165) is 38.9 Å². The van der Waals surface area contributed by atoms with Crippen LogP contribution in [-0.2, 0) is 13.6 Å². The summed E-state index contributed by atoms with van der Waals surface area (Å²) in [6, 6.07) is 0. The molecule has 1 atom stereocenters. The summed E-state index contributed by atoms with van der Waals surface area (Å²) in [5, 5.41) is 16.0. The highest BCUT2D eigenvalue weighted by molar-refractivity contribution is 5.72. The van der Waals surface area contributed by atoms with Gasteiger partial charge >= 0.3 is 5.69 Å². The van der Waals surface area contributed by atoms with Gasteiger partial charge in [0.1, 0.15) is 0 Å². The number of aromatic amines is 1. The number of H-pyrrole nitrogens is 1. The minimum absolute atomic E-state index is 0.338. The van der Waals surface area contributed by atoms with Crippen molar-refractivity contribution in [2.75, 3.05) is 25.0 Å². The lowest BCUT2D eigenvalue weighted by Crippen LogP contribution is -2.39. The van der Waals surface area contributed by atoms with E-state index in [1.807, 2.05) is 0 Å². The normalized spacial score (nSPS) is 16.7. The quantitative estimate of drug-likeness (QED) is 0.494. The lowest BCUT2D eigenvalue weighted by atomic mass is 9.98. The van der Waals surface area contributed by atoms with E-state index >= 15 is 0 Å². The molecule has 1 aliphatic rings. The number of aliphatic hydroxyl groups excluding tert-OH is 1. The maximum atomic E-state index is 12.7. The van der Waals surface area contributed by atoms with Crippen molar-refractivity contribution in [3.05, 3.63) is 20.8 Å². The Morgan fingerprint density at radius 2 is 2.04 bits per heavy atom. The number of aromatic nitrogens is 4. The highest BCUT2D eigenvalue weighted by atomic mass is 16.3. The summed E-state index contributed by atoms with van der Waals surface area (Å²) in [6.07, 6.45) is 3.95. The van der Waals surface area contributed by atoms with E-state index in [-0.39, 0.29) is 17.4 Å². The first-order valence-electron chi connectivity index (χ1n) is 9.79. The highest BCUT2D eigenvalue weighted by Crippen LogP contribution is 2.14. The molecule has 0 aromatic carbocycles. The Morgan fingerprint density at radius 3 is 2.74 bits per heavy atom. The number of imidazole rings is 1. The maximum Gasteiger partial charge on any atom is 0.332 e. The van der Waals surface area contributed by atoms with E-state index in [0.29, 0.717) is 42.4 Å². The molecule has 2 aromatic heterocycles. The molecule has 150 valence electrons. The first kappa shape index (κ1) is 19.6. The molecule has 0 aliphatic carbocycles. The van der Waals surface area contributed by atoms with Gasteiger partial charge in [-0.2, -0.15) is 4.98 Å². The van der Waals surface area contributed by atoms with E-state index in [1.54, 1.807) is 14.0 Å². The molecule has 4 N–H and O–H groups in total. The van der Waals surface area contributed by atoms with E-state index in [2.05, 4.69) is 20.6 Å². The van der Waals surface area contributed by atoms with Crippen LogP contribution in [0.25, 0.3) is 11.2 Å². The van der Waals surface area contributed by atoms with Gasteiger partial charge in [0.2, 0.25) is 5.95 Å². The van der Waals surface area contributed by atoms with Crippen LogP contribution in [-0.4, -0.2) is 49.9 Å². The van der Waals surface area contributed by atoms with Gasteiger partial charge in [-0.3, -0.25) is 13.9 Å². The number of aryl methyl sites for hydroxylation is 1. The Morgan fingerprint density at radius 1 is 1.30 bits per heavy atom. The van der Waals surface area contributed by atoms with Gasteiger partial charge in [0.05, 0.1) is 6.10 Å². The Kier molecular flexibility index (Phi) is 6.33. The zero-order valence-electron chi connectivity index (χ0n) is 16.1. The zero-order chi connectivity index (χ0) is 19.4. The predicted octanol–water partition coefficient (Wildman–Crippen LogP) is 0.386. The van der Waals surface area contributed by atoms with Crippen LogP contribution < -0.4 is 21.9 Å². The van der Waals surface area contributed by atoms with Crippen molar-refractivity contribution in [2.24, 2.45) is 13.0 Å². The second kappa shape index (κ2) is 8.71. The van der Waals surface area contributed by atoms with E-state index in [4.69, 9.17) is 0 Å². The van der Waals surface area contributed by atoms with Crippen molar-refractivity contribution >= 4 is 17.1 Å². The number of anilines is 1. The smallest absolute Gasteiger partial charge is 0.332 e. The molecule has 1 unspecified atom stereocenters. The highest BCUT2D eigenvalue weighted by Gasteiger charge is 2.17. The Labute approximate surface area is 157 Å². The number of nitrogens with zero attached hydrogens (tertiary/aromatic N) is 3. The molecule has 9 nitrogen and oxygen atoms in total. The number of hydrogen-bond acceptors (Lipinski definition) is 6. The van der Waals surface area contributed by atoms with Gasteiger partial charge in [-0.15, -0.1) is 0 Å². The van der Waals surface area contributed by atoms with Crippen molar-refractivity contribution in [3.63, 3.8) is 0 Å². The topological polar surface area (TPSA) is 117 Å². The monoisotopic (exact) mass is 378 g/mol. The minimum atomic E-state index is -0.367. The number of piperidine rings is 1. The summed E-state index contributed by atoms with van der Waals surface area (Å²) in [7, 11) is 1.63. The van der Waals surface area contributed by atoms with Gasteiger partial charge in [0, 0.05) is 20.1 Å². The van der Waals surface area contributed by atoms with Gasteiger partial charge < -0.3 is 20.7 Å². The Balaban J connectivity index is 1.76. The van der Waals surface area contributed by atoms with E-state index in [1.165, 1.54) is 9.13 Å². The molecule has 3 rings (SSSR count). The second-order valence-electron chi connectivity index (χ2n) is 7.50. The Hall–Kier alpha value is -2.13. The van der Waals surface area contributed by atoms with E-state index in [9.17, 15) is 14.7 Å². The van der Waals surface area contributed by atoms with Crippen LogP contribution in [0.1, 0.15) is 39.0 Å². The van der Waals surface area contributed by atoms with Gasteiger partial charge in [0.25, 0.3) is 5.56 Å². The summed E-state index contributed by atoms with van der Waals surface area (Å²) < 4.78 is 2.66. The van der Waals surface area contributed by atoms with Crippen molar-refractivity contribution in [1.82, 2.24) is 24.4 Å². The minimum Gasteiger partial charge on any atom is -0.393 e. The molecule has 0 spiro atoms. The lowest BCUT2D eigenvalue weighted by Gasteiger charge is -2.22. The molecule has 2 aromatic rings. The van der Waals surface area contributed by atoms with Crippen molar-refractivity contribution in [1.29, 1.82) is 0 Å². The van der Waals surface area contributed by atoms with Crippen LogP contribution in [0, 0.1) is 5.92 Å². The van der Waals surface area contributed by atoms with Crippen LogP contribution >= 0.6 is 0 Å². The number of hydrogen-bond donors (Lipinski definition) is 4. The molecular formula is C18H30N6O3. The number of fused-ring (bicyclic) bond motifs is 1. The summed E-state index contributed by atoms with van der Waals surface area (Å²) in [5.41, 5.74) is 0.0204. The fourth-order valence-corrected chi connectivity index (χ4v) is 3.57. The average molecular weight is 378 g/mol. The molecule has 0 saturated carbocycles. The maximum absolute atomic E-state index is 12.7. The fraction of sp³-hybridized carbons (Fsp3) is 0.722. The van der Waals surface area contributed by atoms with Crippen molar-refractivity contribution in [3.8, 4) is 0 Å². The van der Waals surface area contributed by atoms with Crippen LogP contribution in [0.2, 0.25) is 0 Å². The third-order valence-corrected chi connectivity index (χ3v) is 5.25. The molecule has 27 heavy (non-hydrogen) atoms. The average Bonchev–Trinajstić information content (AvgIpc) is 3.09. The summed E-state index contributed by atoms with van der Waals surface area (Å²) in [5.74, 6) is 1.11. The first-order chi connectivity index (χ1) is 13.0. The summed E-state index contributed by atoms with van der Waals surface area (Å²) in [6.45, 7) is 4.93. The molecule has 0 radical (unpaired) electrons. The molecule has 0 amide bonds. The molecule has 3 heterocycles. The molecule has 1 saturated heterocycles. The fourth-order valence-electron chi connectivity index (χ4n) is 3.57. The summed E-state index contributed by atoms with van der Waals surface area (Å²) >= 11 is 0. The van der Waals surface area contributed by atoms with Crippen LogP contribution in [0.5, 0.6) is 0 Å². The van der Waals surface area contributed by atoms with Gasteiger partial charge in [-0.05, 0) is 58.0 Å². The van der Waals surface area contributed by atoms with Gasteiger partial charge in [-0.1, -0.05) is 0 Å². The van der Waals surface area contributed by atoms with Gasteiger partial charge in [-0.25, -0.2) is 4.79 Å². The predicted molar refractivity (Wildman–Crippen MR) is 105 cm³/mol. The first-order valence-corrected chi connectivity index (χ1v) is 9.79. The number of aliphatic hydroxyl groups is 1. The number of unbranched alkanes of at least 4 members (excludes halogenated alkanes) is 1. The standard InChI is InChI=1S/C18H30N6O3/c1-12(25)5-3-4-10-24-16(26)14-15(23(2)18(24)27)22-17(21-14)20-11-13-6-8-19-9-7-13/h12-13,19,25H,3-11H2,1-2H3,(H2,20,21,22). The van der Waals surface area contributed by atoms with Crippen LogP contribution in [0.3, 0.4) is 0 Å². The summed E-state index contributed by atoms with van der Waals surface area (Å²) in [4.78, 5) is 32.7. The van der Waals surface area contributed by atoms with Crippen molar-refractivity contribution < 1.29 is 5.11 Å². The molecule has 0 bridgehead atoms. The SMILES string of the molecule is CC(O)CCCCn1c(=O)c2[nH]c(NCC3CCNCC3)nc2n(C)c1=O. The largest absolute Gasteiger partial charge is 0.393 e. The third kappa shape index (κ3) is 4.59. The van der Waals surface area contributed by atoms with Crippen LogP contribution in [0.15, 0.2) is 9.59 Å². The molecule has 1 fully saturated rings. The van der Waals surface area contributed by atoms with Crippen molar-refractivity contribution in [2.45, 2.75) is 51.7 Å². The third-order valence-electron chi connectivity index (χ3n) is 5.25.